The van der Waals surface area contributed by atoms with Crippen molar-refractivity contribution in [2.24, 2.45) is 7.05 Å². The van der Waals surface area contributed by atoms with Crippen LogP contribution in [0, 0.1) is 27.7 Å². The molecular formula is C12H15N3O. The van der Waals surface area contributed by atoms with E-state index in [1.54, 1.807) is 6.92 Å². The quantitative estimate of drug-likeness (QED) is 0.673. The Hall–Kier alpha value is -1.71. The third kappa shape index (κ3) is 1.33. The normalized spacial score (nSPS) is 11.1. The van der Waals surface area contributed by atoms with Crippen LogP contribution in [-0.4, -0.2) is 14.5 Å². The maximum atomic E-state index is 12.1. The highest BCUT2D eigenvalue weighted by molar-refractivity contribution is 5.78. The van der Waals surface area contributed by atoms with E-state index >= 15 is 0 Å². The Morgan fingerprint density at radius 1 is 1.06 bits per heavy atom. The fraction of sp³-hybridized carbons (Fsp3) is 0.417. The Bertz CT molecular complexity index is 641. The van der Waals surface area contributed by atoms with Crippen molar-refractivity contribution in [2.45, 2.75) is 27.7 Å². The molecule has 16 heavy (non-hydrogen) atoms. The van der Waals surface area contributed by atoms with Crippen molar-refractivity contribution in [3.05, 3.63) is 33.0 Å². The maximum Gasteiger partial charge on any atom is 0.211 e. The van der Waals surface area contributed by atoms with Crippen molar-refractivity contribution in [1.29, 1.82) is 0 Å². The van der Waals surface area contributed by atoms with Gasteiger partial charge in [0.1, 0.15) is 11.3 Å². The summed E-state index contributed by atoms with van der Waals surface area (Å²) in [5.74, 6) is 0.644. The lowest BCUT2D eigenvalue weighted by Crippen LogP contribution is -2.17. The van der Waals surface area contributed by atoms with Crippen molar-refractivity contribution in [3.8, 4) is 0 Å². The lowest BCUT2D eigenvalue weighted by molar-refractivity contribution is 0.863. The van der Waals surface area contributed by atoms with Gasteiger partial charge in [-0.3, -0.25) is 4.79 Å². The second-order valence-electron chi connectivity index (χ2n) is 4.15. The van der Waals surface area contributed by atoms with Crippen LogP contribution in [0.3, 0.4) is 0 Å². The van der Waals surface area contributed by atoms with Crippen LogP contribution in [0.5, 0.6) is 0 Å². The van der Waals surface area contributed by atoms with Gasteiger partial charge >= 0.3 is 0 Å². The second kappa shape index (κ2) is 3.40. The molecule has 0 aliphatic rings. The molecule has 0 bridgehead atoms. The van der Waals surface area contributed by atoms with Crippen LogP contribution >= 0.6 is 0 Å². The molecule has 0 unspecified atom stereocenters. The maximum absolute atomic E-state index is 12.1. The van der Waals surface area contributed by atoms with Gasteiger partial charge in [0.15, 0.2) is 0 Å². The number of aromatic nitrogens is 3. The molecule has 0 radical (unpaired) electrons. The van der Waals surface area contributed by atoms with E-state index < -0.39 is 0 Å². The van der Waals surface area contributed by atoms with E-state index in [0.29, 0.717) is 11.3 Å². The molecule has 0 aliphatic carbocycles. The SMILES string of the molecule is Cc1nc(C)c2c(n1)c(=O)c(C)c(C)n2C. The van der Waals surface area contributed by atoms with Crippen LogP contribution < -0.4 is 5.43 Å². The molecule has 2 aromatic rings. The van der Waals surface area contributed by atoms with Crippen LogP contribution in [0.25, 0.3) is 11.0 Å². The topological polar surface area (TPSA) is 47.8 Å². The van der Waals surface area contributed by atoms with Crippen molar-refractivity contribution in [2.75, 3.05) is 0 Å². The Balaban J connectivity index is 3.15. The average molecular weight is 217 g/mol. The molecule has 4 heteroatoms. The molecule has 0 amide bonds. The van der Waals surface area contributed by atoms with Gasteiger partial charge in [-0.05, 0) is 27.7 Å². The third-order valence-electron chi connectivity index (χ3n) is 3.11. The highest BCUT2D eigenvalue weighted by Gasteiger charge is 2.12. The molecular weight excluding hydrogens is 202 g/mol. The zero-order chi connectivity index (χ0) is 12.0. The number of pyridine rings is 1. The predicted molar refractivity (Wildman–Crippen MR) is 63.7 cm³/mol. The van der Waals surface area contributed by atoms with Gasteiger partial charge in [0, 0.05) is 18.3 Å². The van der Waals surface area contributed by atoms with E-state index in [4.69, 9.17) is 0 Å². The minimum Gasteiger partial charge on any atom is -0.345 e. The van der Waals surface area contributed by atoms with Gasteiger partial charge in [0.05, 0.1) is 11.2 Å². The average Bonchev–Trinajstić information content (AvgIpc) is 2.22. The minimum atomic E-state index is 0.0131. The monoisotopic (exact) mass is 217 g/mol. The smallest absolute Gasteiger partial charge is 0.211 e. The van der Waals surface area contributed by atoms with E-state index in [9.17, 15) is 4.79 Å². The molecule has 2 aromatic heterocycles. The highest BCUT2D eigenvalue weighted by Crippen LogP contribution is 2.15. The van der Waals surface area contributed by atoms with Gasteiger partial charge in [-0.25, -0.2) is 9.97 Å². The Morgan fingerprint density at radius 2 is 1.69 bits per heavy atom. The Morgan fingerprint density at radius 3 is 2.31 bits per heavy atom. The first kappa shape index (κ1) is 10.8. The summed E-state index contributed by atoms with van der Waals surface area (Å²) in [6, 6.07) is 0. The number of fused-ring (bicyclic) bond motifs is 1. The molecule has 2 heterocycles. The van der Waals surface area contributed by atoms with Crippen LogP contribution in [0.15, 0.2) is 4.79 Å². The largest absolute Gasteiger partial charge is 0.345 e. The zero-order valence-electron chi connectivity index (χ0n) is 10.2. The second-order valence-corrected chi connectivity index (χ2v) is 4.15. The van der Waals surface area contributed by atoms with Crippen LogP contribution in [0.4, 0.5) is 0 Å². The molecule has 0 spiro atoms. The number of hydrogen-bond acceptors (Lipinski definition) is 3. The van der Waals surface area contributed by atoms with E-state index in [1.165, 1.54) is 0 Å². The van der Waals surface area contributed by atoms with Crippen molar-refractivity contribution in [1.82, 2.24) is 14.5 Å². The van der Waals surface area contributed by atoms with Crippen LogP contribution in [0.2, 0.25) is 0 Å². The fourth-order valence-electron chi connectivity index (χ4n) is 2.03. The summed E-state index contributed by atoms with van der Waals surface area (Å²) >= 11 is 0. The van der Waals surface area contributed by atoms with E-state index in [0.717, 1.165) is 22.5 Å². The summed E-state index contributed by atoms with van der Waals surface area (Å²) < 4.78 is 1.99. The first-order valence-electron chi connectivity index (χ1n) is 5.24. The predicted octanol–water partition coefficient (Wildman–Crippen LogP) is 1.56. The molecule has 4 nitrogen and oxygen atoms in total. The van der Waals surface area contributed by atoms with Crippen molar-refractivity contribution < 1.29 is 0 Å². The van der Waals surface area contributed by atoms with E-state index in [-0.39, 0.29) is 5.43 Å². The zero-order valence-corrected chi connectivity index (χ0v) is 10.2. The van der Waals surface area contributed by atoms with Crippen molar-refractivity contribution in [3.63, 3.8) is 0 Å². The lowest BCUT2D eigenvalue weighted by Gasteiger charge is -2.13. The van der Waals surface area contributed by atoms with Gasteiger partial charge in [-0.15, -0.1) is 0 Å². The molecule has 84 valence electrons. The summed E-state index contributed by atoms with van der Waals surface area (Å²) in [7, 11) is 1.94. The molecule has 0 N–H and O–H groups in total. The molecule has 0 aromatic carbocycles. The number of nitrogens with zero attached hydrogens (tertiary/aromatic N) is 3. The number of rotatable bonds is 0. The Labute approximate surface area is 94.0 Å². The third-order valence-corrected chi connectivity index (χ3v) is 3.11. The van der Waals surface area contributed by atoms with E-state index in [2.05, 4.69) is 9.97 Å². The highest BCUT2D eigenvalue weighted by atomic mass is 16.1. The summed E-state index contributed by atoms with van der Waals surface area (Å²) in [5.41, 5.74) is 3.94. The molecule has 0 aliphatic heterocycles. The summed E-state index contributed by atoms with van der Waals surface area (Å²) in [6.45, 7) is 7.49. The van der Waals surface area contributed by atoms with Gasteiger partial charge in [0.2, 0.25) is 5.43 Å². The first-order valence-corrected chi connectivity index (χ1v) is 5.24. The van der Waals surface area contributed by atoms with Gasteiger partial charge in [-0.2, -0.15) is 0 Å². The first-order chi connectivity index (χ1) is 7.43. The summed E-state index contributed by atoms with van der Waals surface area (Å²) in [5, 5.41) is 0. The number of aryl methyl sites for hydroxylation is 3. The van der Waals surface area contributed by atoms with Gasteiger partial charge in [0.25, 0.3) is 0 Å². The summed E-state index contributed by atoms with van der Waals surface area (Å²) in [4.78, 5) is 20.7. The molecule has 0 fully saturated rings. The van der Waals surface area contributed by atoms with Crippen molar-refractivity contribution >= 4 is 11.0 Å². The molecule has 0 atom stereocenters. The standard InChI is InChI=1S/C12H15N3O/c1-6-8(3)15(5)11-7(2)13-9(4)14-10(11)12(6)16/h1-5H3. The lowest BCUT2D eigenvalue weighted by atomic mass is 10.1. The fourth-order valence-corrected chi connectivity index (χ4v) is 2.03. The molecule has 2 rings (SSSR count). The number of hydrogen-bond donors (Lipinski definition) is 0. The van der Waals surface area contributed by atoms with E-state index in [1.807, 2.05) is 32.4 Å². The van der Waals surface area contributed by atoms with Crippen LogP contribution in [-0.2, 0) is 7.05 Å². The summed E-state index contributed by atoms with van der Waals surface area (Å²) in [6.07, 6.45) is 0. The molecule has 0 saturated heterocycles. The Kier molecular flexibility index (Phi) is 2.30. The minimum absolute atomic E-state index is 0.0131. The van der Waals surface area contributed by atoms with Gasteiger partial charge < -0.3 is 4.57 Å². The van der Waals surface area contributed by atoms with Crippen LogP contribution in [0.1, 0.15) is 22.8 Å². The molecule has 0 saturated carbocycles. The van der Waals surface area contributed by atoms with Gasteiger partial charge in [-0.1, -0.05) is 0 Å².